The molecule has 1 fully saturated rings. The van der Waals surface area contributed by atoms with Gasteiger partial charge in [-0.3, -0.25) is 4.98 Å². The van der Waals surface area contributed by atoms with Gasteiger partial charge >= 0.3 is 0 Å². The van der Waals surface area contributed by atoms with Gasteiger partial charge in [0.25, 0.3) is 0 Å². The molecule has 1 aliphatic rings. The van der Waals surface area contributed by atoms with E-state index in [1.807, 2.05) is 6.20 Å². The molecule has 0 bridgehead atoms. The Balaban J connectivity index is 1.95. The molecule has 2 rings (SSSR count). The molecule has 2 N–H and O–H groups in total. The van der Waals surface area contributed by atoms with Crippen LogP contribution < -0.4 is 15.4 Å². The molecular weight excluding hydrogens is 240 g/mol. The predicted octanol–water partition coefficient (Wildman–Crippen LogP) is 1.83. The van der Waals surface area contributed by atoms with Crippen molar-refractivity contribution in [3.63, 3.8) is 0 Å². The number of aromatic nitrogens is 2. The first kappa shape index (κ1) is 14.1. The molecule has 1 aromatic heterocycles. The maximum atomic E-state index is 5.96. The Morgan fingerprint density at radius 3 is 2.79 bits per heavy atom. The third-order valence-corrected chi connectivity index (χ3v) is 3.66. The summed E-state index contributed by atoms with van der Waals surface area (Å²) in [6.07, 6.45) is 6.71. The van der Waals surface area contributed by atoms with Crippen molar-refractivity contribution >= 4 is 5.82 Å². The molecular formula is C14H24N4O. The number of nitrogens with zero attached hydrogens (tertiary/aromatic N) is 3. The monoisotopic (exact) mass is 264 g/mol. The van der Waals surface area contributed by atoms with E-state index < -0.39 is 0 Å². The van der Waals surface area contributed by atoms with Gasteiger partial charge in [-0.1, -0.05) is 6.92 Å². The van der Waals surface area contributed by atoms with Crippen molar-refractivity contribution in [3.8, 4) is 5.88 Å². The zero-order valence-electron chi connectivity index (χ0n) is 11.9. The molecule has 0 saturated carbocycles. The van der Waals surface area contributed by atoms with E-state index in [1.165, 1.54) is 0 Å². The molecule has 1 unspecified atom stereocenters. The largest absolute Gasteiger partial charge is 0.477 e. The van der Waals surface area contributed by atoms with Gasteiger partial charge in [0.15, 0.2) is 5.82 Å². The Morgan fingerprint density at radius 2 is 2.16 bits per heavy atom. The average molecular weight is 264 g/mol. The second-order valence-electron chi connectivity index (χ2n) is 5.25. The van der Waals surface area contributed by atoms with Gasteiger partial charge in [0.1, 0.15) is 0 Å². The second-order valence-corrected chi connectivity index (χ2v) is 5.25. The third kappa shape index (κ3) is 3.80. The van der Waals surface area contributed by atoms with E-state index in [1.54, 1.807) is 6.20 Å². The minimum absolute atomic E-state index is 0.285. The predicted molar refractivity (Wildman–Crippen MR) is 76.4 cm³/mol. The summed E-state index contributed by atoms with van der Waals surface area (Å²) in [6, 6.07) is 0.285. The van der Waals surface area contributed by atoms with Crippen molar-refractivity contribution in [1.29, 1.82) is 0 Å². The highest BCUT2D eigenvalue weighted by Crippen LogP contribution is 2.24. The lowest BCUT2D eigenvalue weighted by Crippen LogP contribution is -2.40. The molecule has 2 heterocycles. The van der Waals surface area contributed by atoms with Gasteiger partial charge in [-0.2, -0.15) is 4.98 Å². The third-order valence-electron chi connectivity index (χ3n) is 3.66. The van der Waals surface area contributed by atoms with Crippen molar-refractivity contribution in [2.24, 2.45) is 11.7 Å². The standard InChI is InChI=1S/C14H24N4O/c1-3-8-19-14-10-16-9-13(17-14)18-6-4-12(5-7-18)11(2)15/h9-12H,3-8,15H2,1-2H3. The topological polar surface area (TPSA) is 64.3 Å². The number of hydrogen-bond donors (Lipinski definition) is 1. The summed E-state index contributed by atoms with van der Waals surface area (Å²) in [5.41, 5.74) is 5.96. The SMILES string of the molecule is CCCOc1cncc(N2CCC(C(C)N)CC2)n1. The Bertz CT molecular complexity index is 389. The molecule has 0 aliphatic carbocycles. The number of anilines is 1. The molecule has 19 heavy (non-hydrogen) atoms. The quantitative estimate of drug-likeness (QED) is 0.879. The van der Waals surface area contributed by atoms with Crippen molar-refractivity contribution in [2.75, 3.05) is 24.6 Å². The molecule has 0 amide bonds. The van der Waals surface area contributed by atoms with Gasteiger partial charge in [0.05, 0.1) is 19.0 Å². The maximum Gasteiger partial charge on any atom is 0.234 e. The molecule has 106 valence electrons. The first-order valence-corrected chi connectivity index (χ1v) is 7.16. The van der Waals surface area contributed by atoms with E-state index >= 15 is 0 Å². The molecule has 1 atom stereocenters. The summed E-state index contributed by atoms with van der Waals surface area (Å²) in [6.45, 7) is 6.86. The molecule has 1 aromatic rings. The van der Waals surface area contributed by atoms with E-state index in [0.29, 0.717) is 18.4 Å². The summed E-state index contributed by atoms with van der Waals surface area (Å²) >= 11 is 0. The van der Waals surface area contributed by atoms with Crippen LogP contribution in [-0.2, 0) is 0 Å². The van der Waals surface area contributed by atoms with Crippen LogP contribution in [0, 0.1) is 5.92 Å². The van der Waals surface area contributed by atoms with E-state index in [-0.39, 0.29) is 6.04 Å². The van der Waals surface area contributed by atoms with Crippen molar-refractivity contribution in [3.05, 3.63) is 12.4 Å². The zero-order valence-corrected chi connectivity index (χ0v) is 11.9. The van der Waals surface area contributed by atoms with E-state index in [4.69, 9.17) is 10.5 Å². The fourth-order valence-electron chi connectivity index (χ4n) is 2.42. The summed E-state index contributed by atoms with van der Waals surface area (Å²) < 4.78 is 5.53. The molecule has 5 heteroatoms. The van der Waals surface area contributed by atoms with Crippen LogP contribution in [0.4, 0.5) is 5.82 Å². The number of piperidine rings is 1. The van der Waals surface area contributed by atoms with Crippen LogP contribution in [-0.4, -0.2) is 35.7 Å². The Morgan fingerprint density at radius 1 is 1.42 bits per heavy atom. The second kappa shape index (κ2) is 6.70. The Labute approximate surface area is 115 Å². The minimum Gasteiger partial charge on any atom is -0.477 e. The molecule has 0 radical (unpaired) electrons. The summed E-state index contributed by atoms with van der Waals surface area (Å²) in [4.78, 5) is 11.0. The highest BCUT2D eigenvalue weighted by atomic mass is 16.5. The maximum absolute atomic E-state index is 5.96. The van der Waals surface area contributed by atoms with E-state index in [0.717, 1.165) is 38.2 Å². The lowest BCUT2D eigenvalue weighted by Gasteiger charge is -2.34. The average Bonchev–Trinajstić information content (AvgIpc) is 2.45. The number of rotatable bonds is 5. The van der Waals surface area contributed by atoms with Crippen LogP contribution >= 0.6 is 0 Å². The van der Waals surface area contributed by atoms with Crippen LogP contribution in [0.5, 0.6) is 5.88 Å². The number of ether oxygens (including phenoxy) is 1. The number of nitrogens with two attached hydrogens (primary N) is 1. The smallest absolute Gasteiger partial charge is 0.234 e. The lowest BCUT2D eigenvalue weighted by molar-refractivity contribution is 0.303. The van der Waals surface area contributed by atoms with Gasteiger partial charge in [0.2, 0.25) is 5.88 Å². The van der Waals surface area contributed by atoms with Crippen LogP contribution in [0.1, 0.15) is 33.1 Å². The Kier molecular flexibility index (Phi) is 4.96. The Hall–Kier alpha value is -1.36. The minimum atomic E-state index is 0.285. The van der Waals surface area contributed by atoms with Crippen molar-refractivity contribution < 1.29 is 4.74 Å². The van der Waals surface area contributed by atoms with Gasteiger partial charge in [-0.15, -0.1) is 0 Å². The van der Waals surface area contributed by atoms with E-state index in [9.17, 15) is 0 Å². The fraction of sp³-hybridized carbons (Fsp3) is 0.714. The van der Waals surface area contributed by atoms with Gasteiger partial charge < -0.3 is 15.4 Å². The van der Waals surface area contributed by atoms with Crippen LogP contribution in [0.25, 0.3) is 0 Å². The van der Waals surface area contributed by atoms with Gasteiger partial charge in [-0.05, 0) is 32.1 Å². The molecule has 5 nitrogen and oxygen atoms in total. The molecule has 0 aromatic carbocycles. The number of hydrogen-bond acceptors (Lipinski definition) is 5. The van der Waals surface area contributed by atoms with Crippen LogP contribution in [0.2, 0.25) is 0 Å². The first-order chi connectivity index (χ1) is 9.20. The lowest BCUT2D eigenvalue weighted by atomic mass is 9.91. The summed E-state index contributed by atoms with van der Waals surface area (Å²) in [5.74, 6) is 2.16. The molecule has 0 spiro atoms. The summed E-state index contributed by atoms with van der Waals surface area (Å²) in [7, 11) is 0. The first-order valence-electron chi connectivity index (χ1n) is 7.16. The highest BCUT2D eigenvalue weighted by Gasteiger charge is 2.22. The zero-order chi connectivity index (χ0) is 13.7. The summed E-state index contributed by atoms with van der Waals surface area (Å²) in [5, 5.41) is 0. The van der Waals surface area contributed by atoms with Crippen molar-refractivity contribution in [1.82, 2.24) is 9.97 Å². The van der Waals surface area contributed by atoms with Crippen molar-refractivity contribution in [2.45, 2.75) is 39.2 Å². The van der Waals surface area contributed by atoms with Crippen LogP contribution in [0.3, 0.4) is 0 Å². The molecule has 1 saturated heterocycles. The molecule has 1 aliphatic heterocycles. The highest BCUT2D eigenvalue weighted by molar-refractivity contribution is 5.38. The van der Waals surface area contributed by atoms with Gasteiger partial charge in [0, 0.05) is 19.1 Å². The van der Waals surface area contributed by atoms with Crippen LogP contribution in [0.15, 0.2) is 12.4 Å². The van der Waals surface area contributed by atoms with Gasteiger partial charge in [-0.25, -0.2) is 0 Å². The van der Waals surface area contributed by atoms with E-state index in [2.05, 4.69) is 28.7 Å². The fourth-order valence-corrected chi connectivity index (χ4v) is 2.42. The normalized spacial score (nSPS) is 18.4.